The number of hydrogen-bond acceptors (Lipinski definition) is 9. The molecule has 0 saturated carbocycles. The largest absolute Gasteiger partial charge is 0.454 e. The van der Waals surface area contributed by atoms with Gasteiger partial charge in [-0.25, -0.2) is 9.37 Å². The first-order valence-corrected chi connectivity index (χ1v) is 13.4. The quantitative estimate of drug-likeness (QED) is 0.207. The van der Waals surface area contributed by atoms with E-state index in [0.29, 0.717) is 18.7 Å². The van der Waals surface area contributed by atoms with Crippen molar-refractivity contribution in [3.63, 3.8) is 0 Å². The highest BCUT2D eigenvalue weighted by Gasteiger charge is 2.42. The molecule has 0 aliphatic carbocycles. The Morgan fingerprint density at radius 2 is 1.83 bits per heavy atom. The smallest absolute Gasteiger partial charge is 0.422 e. The molecule has 17 heteroatoms. The summed E-state index contributed by atoms with van der Waals surface area (Å²) in [6.07, 6.45) is -0.960. The van der Waals surface area contributed by atoms with Crippen LogP contribution >= 0.6 is 37.2 Å². The molecule has 1 aliphatic heterocycles. The number of piperazine rings is 1. The molecule has 10 nitrogen and oxygen atoms in total. The molecule has 0 bridgehead atoms. The third kappa shape index (κ3) is 8.97. The van der Waals surface area contributed by atoms with Crippen molar-refractivity contribution in [2.45, 2.75) is 18.6 Å². The number of ether oxygens (including phenoxy) is 1. The first kappa shape index (κ1) is 38.5. The van der Waals surface area contributed by atoms with E-state index in [2.05, 4.69) is 30.7 Å². The molecule has 5 rings (SSSR count). The van der Waals surface area contributed by atoms with Gasteiger partial charge in [0, 0.05) is 32.2 Å². The second kappa shape index (κ2) is 16.7. The lowest BCUT2D eigenvalue weighted by molar-refractivity contribution is -0.138. The number of hydrogen-bond donors (Lipinski definition) is 2. The summed E-state index contributed by atoms with van der Waals surface area (Å²) in [4.78, 5) is 21.1. The minimum Gasteiger partial charge on any atom is -0.454 e. The number of oxazole rings is 1. The maximum Gasteiger partial charge on any atom is 0.422 e. The number of benzene rings is 2. The Balaban J connectivity index is 0.00000245. The van der Waals surface area contributed by atoms with E-state index in [4.69, 9.17) is 9.15 Å². The van der Waals surface area contributed by atoms with Gasteiger partial charge < -0.3 is 24.7 Å². The molecule has 1 amide bonds. The number of aromatic nitrogens is 3. The van der Waals surface area contributed by atoms with E-state index in [1.54, 1.807) is 18.0 Å². The molecule has 1 atom stereocenters. The first-order chi connectivity index (χ1) is 20.6. The normalized spacial score (nSPS) is 14.8. The molecule has 4 aromatic rings. The molecular formula is C29H32Cl3F4N7O3. The fourth-order valence-electron chi connectivity index (χ4n) is 4.91. The number of nitrogens with zero attached hydrogens (tertiary/aromatic N) is 5. The van der Waals surface area contributed by atoms with E-state index in [1.807, 2.05) is 7.05 Å². The van der Waals surface area contributed by atoms with Crippen LogP contribution in [0.3, 0.4) is 0 Å². The molecular weight excluding hydrogens is 677 g/mol. The average molecular weight is 709 g/mol. The fourth-order valence-corrected chi connectivity index (χ4v) is 4.91. The molecule has 2 aromatic heterocycles. The minimum atomic E-state index is -4.90. The summed E-state index contributed by atoms with van der Waals surface area (Å²) in [5.74, 6) is -2.13. The molecule has 0 unspecified atom stereocenters. The highest BCUT2D eigenvalue weighted by molar-refractivity contribution is 5.96. The molecule has 2 N–H and O–H groups in total. The molecule has 0 radical (unpaired) electrons. The maximum absolute atomic E-state index is 14.8. The minimum absolute atomic E-state index is 0. The molecule has 46 heavy (non-hydrogen) atoms. The number of carbonyl (C=O) groups is 1. The van der Waals surface area contributed by atoms with Gasteiger partial charge in [-0.05, 0) is 44.4 Å². The average Bonchev–Trinajstić information content (AvgIpc) is 3.44. The number of amides is 1. The van der Waals surface area contributed by atoms with Crippen molar-refractivity contribution < 1.29 is 31.5 Å². The Morgan fingerprint density at radius 3 is 2.50 bits per heavy atom. The van der Waals surface area contributed by atoms with Gasteiger partial charge in [0.1, 0.15) is 17.6 Å². The van der Waals surface area contributed by atoms with Crippen LogP contribution in [0, 0.1) is 5.82 Å². The SMILES string of the molecule is CNC[C@H]1CN(c2c(NC(=O)Cc3coc(-c4ccnnc4)n3)ccc(Oc3ccccc3F)c2C(F)(F)F)CCN1C.Cl.Cl.Cl. The second-order valence-electron chi connectivity index (χ2n) is 10.0. The van der Waals surface area contributed by atoms with Crippen molar-refractivity contribution in [3.05, 3.63) is 78.2 Å². The third-order valence-electron chi connectivity index (χ3n) is 7.01. The zero-order valence-corrected chi connectivity index (χ0v) is 27.0. The zero-order valence-electron chi connectivity index (χ0n) is 24.6. The first-order valence-electron chi connectivity index (χ1n) is 13.4. The lowest BCUT2D eigenvalue weighted by Crippen LogP contribution is -2.55. The Hall–Kier alpha value is -3.69. The summed E-state index contributed by atoms with van der Waals surface area (Å²) in [5.41, 5.74) is -0.610. The molecule has 1 saturated heterocycles. The second-order valence-corrected chi connectivity index (χ2v) is 10.0. The van der Waals surface area contributed by atoms with Gasteiger partial charge in [-0.3, -0.25) is 9.69 Å². The van der Waals surface area contributed by atoms with Crippen molar-refractivity contribution in [2.24, 2.45) is 0 Å². The van der Waals surface area contributed by atoms with Gasteiger partial charge in [0.25, 0.3) is 0 Å². The summed E-state index contributed by atoms with van der Waals surface area (Å²) in [7, 11) is 3.67. The van der Waals surface area contributed by atoms with Gasteiger partial charge in [-0.2, -0.15) is 23.4 Å². The summed E-state index contributed by atoms with van der Waals surface area (Å²) >= 11 is 0. The standard InChI is InChI=1S/C29H29F4N7O3.3ClH/c1-34-15-20-16-40(12-11-39(20)2)27-22(38-25(41)13-19-17-42-28(37-19)18-9-10-35-36-14-18)7-8-24(26(27)29(31,32)33)43-23-6-4-3-5-21(23)30;;;/h3-10,14,17,20,34H,11-13,15-16H2,1-2H3,(H,38,41);3*1H/t20-;;;/m0.../s1. The highest BCUT2D eigenvalue weighted by Crippen LogP contribution is 2.48. The number of nitrogens with one attached hydrogen (secondary N) is 2. The van der Waals surface area contributed by atoms with Crippen LogP contribution in [0.2, 0.25) is 0 Å². The van der Waals surface area contributed by atoms with Gasteiger partial charge in [0.05, 0.1) is 41.4 Å². The number of carbonyl (C=O) groups excluding carboxylic acids is 1. The Morgan fingerprint density at radius 1 is 1.07 bits per heavy atom. The fraction of sp³-hybridized carbons (Fsp3) is 0.310. The van der Waals surface area contributed by atoms with Crippen molar-refractivity contribution in [1.82, 2.24) is 25.4 Å². The number of likely N-dealkylation sites (N-methyl/N-ethyl adjacent to an activating group) is 2. The van der Waals surface area contributed by atoms with Crippen LogP contribution in [-0.2, 0) is 17.4 Å². The van der Waals surface area contributed by atoms with E-state index in [1.165, 1.54) is 42.9 Å². The molecule has 1 fully saturated rings. The topological polar surface area (TPSA) is 109 Å². The number of alkyl halides is 3. The Labute approximate surface area is 281 Å². The van der Waals surface area contributed by atoms with Crippen LogP contribution in [0.1, 0.15) is 11.3 Å². The molecule has 250 valence electrons. The van der Waals surface area contributed by atoms with E-state index >= 15 is 0 Å². The summed E-state index contributed by atoms with van der Waals surface area (Å²) in [5, 5.41) is 13.2. The van der Waals surface area contributed by atoms with E-state index in [0.717, 1.165) is 12.1 Å². The van der Waals surface area contributed by atoms with Gasteiger partial charge in [-0.1, -0.05) is 12.1 Å². The van der Waals surface area contributed by atoms with Crippen molar-refractivity contribution >= 4 is 54.5 Å². The van der Waals surface area contributed by atoms with Crippen molar-refractivity contribution in [1.29, 1.82) is 0 Å². The number of rotatable bonds is 9. The van der Waals surface area contributed by atoms with Crippen LogP contribution in [0.5, 0.6) is 11.5 Å². The Kier molecular flexibility index (Phi) is 14.0. The van der Waals surface area contributed by atoms with Crippen molar-refractivity contribution in [3.8, 4) is 23.0 Å². The predicted molar refractivity (Wildman–Crippen MR) is 172 cm³/mol. The molecule has 3 heterocycles. The third-order valence-corrected chi connectivity index (χ3v) is 7.01. The summed E-state index contributed by atoms with van der Waals surface area (Å²) < 4.78 is 69.9. The van der Waals surface area contributed by atoms with Crippen molar-refractivity contribution in [2.75, 3.05) is 50.5 Å². The van der Waals surface area contributed by atoms with E-state index in [-0.39, 0.29) is 91.5 Å². The van der Waals surface area contributed by atoms with Crippen LogP contribution in [0.25, 0.3) is 11.5 Å². The van der Waals surface area contributed by atoms with Crippen LogP contribution in [0.15, 0.2) is 65.5 Å². The van der Waals surface area contributed by atoms with Crippen LogP contribution in [-0.4, -0.2) is 72.3 Å². The number of para-hydroxylation sites is 1. The molecule has 1 aliphatic rings. The van der Waals surface area contributed by atoms with Gasteiger partial charge >= 0.3 is 6.18 Å². The highest BCUT2D eigenvalue weighted by atomic mass is 35.5. The van der Waals surface area contributed by atoms with Gasteiger partial charge in [0.2, 0.25) is 11.8 Å². The van der Waals surface area contributed by atoms with Gasteiger partial charge in [-0.15, -0.1) is 37.2 Å². The zero-order chi connectivity index (χ0) is 30.6. The predicted octanol–water partition coefficient (Wildman–Crippen LogP) is 5.87. The monoisotopic (exact) mass is 707 g/mol. The lowest BCUT2D eigenvalue weighted by atomic mass is 10.0. The van der Waals surface area contributed by atoms with E-state index in [9.17, 15) is 22.4 Å². The Bertz CT molecular complexity index is 1580. The van der Waals surface area contributed by atoms with Crippen LogP contribution in [0.4, 0.5) is 28.9 Å². The molecule has 2 aromatic carbocycles. The maximum atomic E-state index is 14.8. The van der Waals surface area contributed by atoms with Crippen LogP contribution < -0.4 is 20.3 Å². The van der Waals surface area contributed by atoms with E-state index < -0.39 is 29.2 Å². The molecule has 0 spiro atoms. The number of anilines is 2. The van der Waals surface area contributed by atoms with Gasteiger partial charge in [0.15, 0.2) is 11.6 Å². The summed E-state index contributed by atoms with van der Waals surface area (Å²) in [6, 6.07) is 9.16. The summed E-state index contributed by atoms with van der Waals surface area (Å²) in [6.45, 7) is 1.49. The lowest BCUT2D eigenvalue weighted by Gasteiger charge is -2.42. The number of halogens is 7.